The Hall–Kier alpha value is -1.83. The first-order valence-corrected chi connectivity index (χ1v) is 6.06. The molecule has 2 aromatic rings. The van der Waals surface area contributed by atoms with Crippen LogP contribution in [0.1, 0.15) is 19.4 Å². The first kappa shape index (κ1) is 14.2. The molecule has 0 aliphatic heterocycles. The van der Waals surface area contributed by atoms with Gasteiger partial charge < -0.3 is 9.53 Å². The second-order valence-corrected chi connectivity index (χ2v) is 4.60. The van der Waals surface area contributed by atoms with Gasteiger partial charge in [-0.15, -0.1) is 0 Å². The number of aldehydes is 1. The SMILES string of the molecule is CC(C)C=O.COc1ccc2cc(C)ccc2c1. The molecule has 2 rings (SSSR count). The lowest BCUT2D eigenvalue weighted by molar-refractivity contribution is -0.110. The largest absolute Gasteiger partial charge is 0.497 e. The summed E-state index contributed by atoms with van der Waals surface area (Å²) in [7, 11) is 1.69. The average molecular weight is 244 g/mol. The van der Waals surface area contributed by atoms with E-state index < -0.39 is 0 Å². The van der Waals surface area contributed by atoms with Crippen molar-refractivity contribution in [3.05, 3.63) is 42.0 Å². The second kappa shape index (κ2) is 6.80. The van der Waals surface area contributed by atoms with E-state index in [4.69, 9.17) is 4.74 Å². The highest BCUT2D eigenvalue weighted by Crippen LogP contribution is 2.21. The van der Waals surface area contributed by atoms with Crippen LogP contribution in [0.15, 0.2) is 36.4 Å². The molecule has 0 unspecified atom stereocenters. The van der Waals surface area contributed by atoms with Crippen molar-refractivity contribution in [3.8, 4) is 5.75 Å². The van der Waals surface area contributed by atoms with Gasteiger partial charge in [-0.1, -0.05) is 43.7 Å². The van der Waals surface area contributed by atoms with E-state index in [9.17, 15) is 4.79 Å². The minimum absolute atomic E-state index is 0.204. The van der Waals surface area contributed by atoms with Gasteiger partial charge in [-0.3, -0.25) is 0 Å². The van der Waals surface area contributed by atoms with Crippen LogP contribution in [0.25, 0.3) is 10.8 Å². The van der Waals surface area contributed by atoms with Gasteiger partial charge >= 0.3 is 0 Å². The Morgan fingerprint density at radius 3 is 2.17 bits per heavy atom. The minimum atomic E-state index is 0.204. The van der Waals surface area contributed by atoms with E-state index in [0.29, 0.717) is 0 Å². The van der Waals surface area contributed by atoms with Crippen molar-refractivity contribution in [2.45, 2.75) is 20.8 Å². The lowest BCUT2D eigenvalue weighted by atomic mass is 10.1. The fraction of sp³-hybridized carbons (Fsp3) is 0.312. The number of rotatable bonds is 2. The van der Waals surface area contributed by atoms with Gasteiger partial charge in [0.15, 0.2) is 0 Å². The fourth-order valence-corrected chi connectivity index (χ4v) is 1.47. The van der Waals surface area contributed by atoms with Crippen LogP contribution in [-0.2, 0) is 4.79 Å². The summed E-state index contributed by atoms with van der Waals surface area (Å²) in [5.74, 6) is 1.12. The standard InChI is InChI=1S/C12H12O.C4H8O/c1-9-3-4-11-8-12(13-2)6-5-10(11)7-9;1-4(2)3-5/h3-8H,1-2H3;3-4H,1-2H3. The minimum Gasteiger partial charge on any atom is -0.497 e. The highest BCUT2D eigenvalue weighted by atomic mass is 16.5. The average Bonchev–Trinajstić information content (AvgIpc) is 2.38. The Morgan fingerprint density at radius 1 is 1.06 bits per heavy atom. The topological polar surface area (TPSA) is 26.3 Å². The van der Waals surface area contributed by atoms with Gasteiger partial charge in [-0.05, 0) is 29.8 Å². The Kier molecular flexibility index (Phi) is 5.37. The van der Waals surface area contributed by atoms with Gasteiger partial charge in [0.25, 0.3) is 0 Å². The van der Waals surface area contributed by atoms with Crippen LogP contribution in [0.4, 0.5) is 0 Å². The molecule has 2 nitrogen and oxygen atoms in total. The molecule has 0 aliphatic rings. The van der Waals surface area contributed by atoms with Crippen LogP contribution in [0, 0.1) is 12.8 Å². The maximum atomic E-state index is 9.50. The highest BCUT2D eigenvalue weighted by molar-refractivity contribution is 5.84. The maximum Gasteiger partial charge on any atom is 0.122 e. The lowest BCUT2D eigenvalue weighted by Crippen LogP contribution is -1.82. The summed E-state index contributed by atoms with van der Waals surface area (Å²) in [6, 6.07) is 12.5. The van der Waals surface area contributed by atoms with E-state index in [-0.39, 0.29) is 5.92 Å². The summed E-state index contributed by atoms with van der Waals surface area (Å²) < 4.78 is 5.15. The number of carbonyl (C=O) groups is 1. The summed E-state index contributed by atoms with van der Waals surface area (Å²) in [5.41, 5.74) is 1.29. The van der Waals surface area contributed by atoms with Crippen molar-refractivity contribution in [1.29, 1.82) is 0 Å². The Labute approximate surface area is 109 Å². The predicted molar refractivity (Wildman–Crippen MR) is 76.1 cm³/mol. The van der Waals surface area contributed by atoms with Crippen molar-refractivity contribution in [2.24, 2.45) is 5.92 Å². The van der Waals surface area contributed by atoms with Gasteiger partial charge in [-0.2, -0.15) is 0 Å². The smallest absolute Gasteiger partial charge is 0.122 e. The molecule has 0 atom stereocenters. The second-order valence-electron chi connectivity index (χ2n) is 4.60. The quantitative estimate of drug-likeness (QED) is 0.746. The number of ether oxygens (including phenoxy) is 1. The molecule has 0 spiro atoms. The van der Waals surface area contributed by atoms with E-state index in [1.54, 1.807) is 7.11 Å². The van der Waals surface area contributed by atoms with Crippen LogP contribution in [0.5, 0.6) is 5.75 Å². The normalized spacial score (nSPS) is 9.83. The summed E-state index contributed by atoms with van der Waals surface area (Å²) in [4.78, 5) is 9.50. The van der Waals surface area contributed by atoms with Crippen molar-refractivity contribution >= 4 is 17.1 Å². The third-order valence-corrected chi connectivity index (χ3v) is 2.48. The third-order valence-electron chi connectivity index (χ3n) is 2.48. The molecule has 0 heterocycles. The number of methoxy groups -OCH3 is 1. The molecule has 0 amide bonds. The monoisotopic (exact) mass is 244 g/mol. The molecule has 0 aromatic heterocycles. The van der Waals surface area contributed by atoms with Gasteiger partial charge in [0.2, 0.25) is 0 Å². The molecule has 2 aromatic carbocycles. The molecule has 0 bridgehead atoms. The van der Waals surface area contributed by atoms with E-state index in [1.807, 2.05) is 19.9 Å². The lowest BCUT2D eigenvalue weighted by Gasteiger charge is -2.02. The fourth-order valence-electron chi connectivity index (χ4n) is 1.47. The highest BCUT2D eigenvalue weighted by Gasteiger charge is 1.95. The van der Waals surface area contributed by atoms with Crippen molar-refractivity contribution in [2.75, 3.05) is 7.11 Å². The molecule has 0 N–H and O–H groups in total. The van der Waals surface area contributed by atoms with Crippen LogP contribution in [-0.4, -0.2) is 13.4 Å². The molecule has 96 valence electrons. The first-order valence-electron chi connectivity index (χ1n) is 6.06. The Bertz CT molecular complexity index is 515. The summed E-state index contributed by atoms with van der Waals surface area (Å²) in [5, 5.41) is 2.49. The number of hydrogen-bond acceptors (Lipinski definition) is 2. The summed E-state index contributed by atoms with van der Waals surface area (Å²) >= 11 is 0. The maximum absolute atomic E-state index is 9.50. The Morgan fingerprint density at radius 2 is 1.61 bits per heavy atom. The molecule has 0 saturated heterocycles. The molecule has 0 aliphatic carbocycles. The third kappa shape index (κ3) is 4.21. The van der Waals surface area contributed by atoms with Crippen LogP contribution < -0.4 is 4.74 Å². The van der Waals surface area contributed by atoms with Crippen molar-refractivity contribution < 1.29 is 9.53 Å². The molecule has 0 saturated carbocycles. The molecule has 2 heteroatoms. The molecule has 18 heavy (non-hydrogen) atoms. The molecule has 0 fully saturated rings. The number of carbonyl (C=O) groups excluding carboxylic acids is 1. The van der Waals surface area contributed by atoms with E-state index in [2.05, 4.69) is 37.3 Å². The first-order chi connectivity index (χ1) is 8.56. The number of benzene rings is 2. The number of fused-ring (bicyclic) bond motifs is 1. The Balaban J connectivity index is 0.000000280. The van der Waals surface area contributed by atoms with Gasteiger partial charge in [0, 0.05) is 5.92 Å². The van der Waals surface area contributed by atoms with Crippen molar-refractivity contribution in [3.63, 3.8) is 0 Å². The van der Waals surface area contributed by atoms with E-state index >= 15 is 0 Å². The zero-order valence-electron chi connectivity index (χ0n) is 11.4. The molecular formula is C16H20O2. The van der Waals surface area contributed by atoms with Crippen molar-refractivity contribution in [1.82, 2.24) is 0 Å². The van der Waals surface area contributed by atoms with E-state index in [0.717, 1.165) is 12.0 Å². The zero-order valence-corrected chi connectivity index (χ0v) is 11.4. The van der Waals surface area contributed by atoms with Crippen LogP contribution in [0.2, 0.25) is 0 Å². The molecular weight excluding hydrogens is 224 g/mol. The predicted octanol–water partition coefficient (Wildman–Crippen LogP) is 4.00. The van der Waals surface area contributed by atoms with Gasteiger partial charge in [-0.25, -0.2) is 0 Å². The number of hydrogen-bond donors (Lipinski definition) is 0. The molecule has 0 radical (unpaired) electrons. The number of aryl methyl sites for hydroxylation is 1. The zero-order chi connectivity index (χ0) is 13.5. The van der Waals surface area contributed by atoms with Crippen LogP contribution in [0.3, 0.4) is 0 Å². The summed E-state index contributed by atoms with van der Waals surface area (Å²) in [6.07, 6.45) is 0.917. The summed E-state index contributed by atoms with van der Waals surface area (Å²) in [6.45, 7) is 5.81. The van der Waals surface area contributed by atoms with Gasteiger partial charge in [0.1, 0.15) is 12.0 Å². The van der Waals surface area contributed by atoms with Crippen LogP contribution >= 0.6 is 0 Å². The van der Waals surface area contributed by atoms with Gasteiger partial charge in [0.05, 0.1) is 7.11 Å². The van der Waals surface area contributed by atoms with E-state index in [1.165, 1.54) is 16.3 Å².